The highest BCUT2D eigenvalue weighted by atomic mass is 15.2. The van der Waals surface area contributed by atoms with Gasteiger partial charge in [-0.05, 0) is 18.4 Å². The molecule has 13 heavy (non-hydrogen) atoms. The van der Waals surface area contributed by atoms with Crippen LogP contribution in [0, 0.1) is 5.92 Å². The van der Waals surface area contributed by atoms with E-state index in [1.54, 1.807) is 6.20 Å². The highest BCUT2D eigenvalue weighted by Crippen LogP contribution is 2.20. The summed E-state index contributed by atoms with van der Waals surface area (Å²) < 4.78 is 0. The molecule has 0 saturated carbocycles. The predicted octanol–water partition coefficient (Wildman–Crippen LogP) is 0.509. The van der Waals surface area contributed by atoms with E-state index >= 15 is 0 Å². The molecule has 0 spiro atoms. The van der Waals surface area contributed by atoms with Gasteiger partial charge in [-0.1, -0.05) is 20.3 Å². The molecule has 0 aromatic rings. The average Bonchev–Trinajstić information content (AvgIpc) is 2.02. The lowest BCUT2D eigenvalue weighted by Gasteiger charge is -2.27. The van der Waals surface area contributed by atoms with Crippen LogP contribution in [0.15, 0.2) is 17.3 Å². The molecule has 2 unspecified atom stereocenters. The van der Waals surface area contributed by atoms with Crippen molar-refractivity contribution in [2.75, 3.05) is 0 Å². The number of nitrogens with zero attached hydrogens (tertiary/aromatic N) is 1. The predicted molar refractivity (Wildman–Crippen MR) is 54.9 cm³/mol. The fourth-order valence-electron chi connectivity index (χ4n) is 1.38. The topological polar surface area (TPSA) is 76.4 Å². The number of hydrogen-bond acceptors (Lipinski definition) is 4. The third kappa shape index (κ3) is 2.73. The van der Waals surface area contributed by atoms with Crippen LogP contribution in [0.25, 0.3) is 0 Å². The number of nitrogens with one attached hydrogen (secondary N) is 1. The van der Waals surface area contributed by atoms with Crippen LogP contribution in [0.1, 0.15) is 26.7 Å². The zero-order chi connectivity index (χ0) is 9.90. The first-order chi connectivity index (χ1) is 6.06. The van der Waals surface area contributed by atoms with Crippen LogP contribution < -0.4 is 16.8 Å². The second-order valence-corrected chi connectivity index (χ2v) is 3.68. The number of aliphatic imine (C=N–C) groups is 1. The standard InChI is InChI=1S/C9H18N4/c1-3-7(2)6-9(11)4-5-12-8(10)13-9/h4-5,7H,3,6,11H2,1-2H3,(H3,10,12,13). The van der Waals surface area contributed by atoms with Crippen LogP contribution in [0.4, 0.5) is 0 Å². The van der Waals surface area contributed by atoms with Gasteiger partial charge in [0.25, 0.3) is 0 Å². The second-order valence-electron chi connectivity index (χ2n) is 3.68. The van der Waals surface area contributed by atoms with Crippen LogP contribution >= 0.6 is 0 Å². The molecular weight excluding hydrogens is 164 g/mol. The monoisotopic (exact) mass is 182 g/mol. The number of rotatable bonds is 3. The van der Waals surface area contributed by atoms with E-state index in [-0.39, 0.29) is 0 Å². The van der Waals surface area contributed by atoms with Gasteiger partial charge in [-0.25, -0.2) is 4.99 Å². The molecule has 5 N–H and O–H groups in total. The first-order valence-electron chi connectivity index (χ1n) is 4.64. The number of guanidine groups is 1. The Hall–Kier alpha value is -1.03. The van der Waals surface area contributed by atoms with Gasteiger partial charge in [-0.2, -0.15) is 0 Å². The van der Waals surface area contributed by atoms with Gasteiger partial charge in [0.05, 0.1) is 0 Å². The molecule has 1 aliphatic heterocycles. The van der Waals surface area contributed by atoms with Gasteiger partial charge < -0.3 is 16.8 Å². The fraction of sp³-hybridized carbons (Fsp3) is 0.667. The molecule has 1 rings (SSSR count). The molecule has 2 atom stereocenters. The Bertz CT molecular complexity index is 234. The normalized spacial score (nSPS) is 29.3. The van der Waals surface area contributed by atoms with Crippen LogP contribution in [0.5, 0.6) is 0 Å². The smallest absolute Gasteiger partial charge is 0.194 e. The third-order valence-electron chi connectivity index (χ3n) is 2.30. The van der Waals surface area contributed by atoms with E-state index in [1.807, 2.05) is 6.08 Å². The fourth-order valence-corrected chi connectivity index (χ4v) is 1.38. The van der Waals surface area contributed by atoms with Crippen molar-refractivity contribution in [2.24, 2.45) is 22.4 Å². The van der Waals surface area contributed by atoms with E-state index < -0.39 is 5.66 Å². The van der Waals surface area contributed by atoms with Gasteiger partial charge in [-0.3, -0.25) is 0 Å². The van der Waals surface area contributed by atoms with Crippen LogP contribution in [0.2, 0.25) is 0 Å². The van der Waals surface area contributed by atoms with E-state index in [4.69, 9.17) is 11.5 Å². The Morgan fingerprint density at radius 3 is 2.92 bits per heavy atom. The molecule has 0 saturated heterocycles. The van der Waals surface area contributed by atoms with E-state index in [2.05, 4.69) is 24.2 Å². The molecule has 0 fully saturated rings. The molecule has 1 heterocycles. The summed E-state index contributed by atoms with van der Waals surface area (Å²) in [6, 6.07) is 0. The van der Waals surface area contributed by atoms with Crippen LogP contribution in [-0.4, -0.2) is 11.6 Å². The molecule has 0 aromatic carbocycles. The Kier molecular flexibility index (Phi) is 2.93. The highest BCUT2D eigenvalue weighted by Gasteiger charge is 2.25. The van der Waals surface area contributed by atoms with Crippen molar-refractivity contribution in [1.29, 1.82) is 0 Å². The highest BCUT2D eigenvalue weighted by molar-refractivity contribution is 5.80. The zero-order valence-corrected chi connectivity index (χ0v) is 8.25. The lowest BCUT2D eigenvalue weighted by molar-refractivity contribution is 0.389. The van der Waals surface area contributed by atoms with Crippen molar-refractivity contribution in [3.05, 3.63) is 12.3 Å². The van der Waals surface area contributed by atoms with E-state index in [1.165, 1.54) is 0 Å². The number of hydrogen-bond donors (Lipinski definition) is 3. The lowest BCUT2D eigenvalue weighted by Crippen LogP contribution is -2.45. The Morgan fingerprint density at radius 1 is 1.69 bits per heavy atom. The second kappa shape index (κ2) is 3.79. The first-order valence-corrected chi connectivity index (χ1v) is 4.64. The molecule has 4 heteroatoms. The molecule has 0 bridgehead atoms. The summed E-state index contributed by atoms with van der Waals surface area (Å²) in [5.74, 6) is 0.956. The van der Waals surface area contributed by atoms with E-state index in [0.29, 0.717) is 11.9 Å². The maximum Gasteiger partial charge on any atom is 0.194 e. The van der Waals surface area contributed by atoms with Gasteiger partial charge in [0.2, 0.25) is 0 Å². The minimum Gasteiger partial charge on any atom is -0.370 e. The van der Waals surface area contributed by atoms with Crippen molar-refractivity contribution >= 4 is 5.96 Å². The minimum absolute atomic E-state index is 0.397. The third-order valence-corrected chi connectivity index (χ3v) is 2.30. The van der Waals surface area contributed by atoms with Crippen molar-refractivity contribution in [2.45, 2.75) is 32.4 Å². The van der Waals surface area contributed by atoms with Crippen molar-refractivity contribution in [1.82, 2.24) is 5.32 Å². The van der Waals surface area contributed by atoms with E-state index in [9.17, 15) is 0 Å². The summed E-state index contributed by atoms with van der Waals surface area (Å²) in [5, 5.41) is 2.80. The lowest BCUT2D eigenvalue weighted by atomic mass is 9.94. The average molecular weight is 182 g/mol. The van der Waals surface area contributed by atoms with Gasteiger partial charge in [-0.15, -0.1) is 0 Å². The Morgan fingerprint density at radius 2 is 2.38 bits per heavy atom. The Balaban J connectivity index is 2.64. The van der Waals surface area contributed by atoms with Gasteiger partial charge in [0.1, 0.15) is 5.66 Å². The van der Waals surface area contributed by atoms with Gasteiger partial charge >= 0.3 is 0 Å². The molecule has 4 nitrogen and oxygen atoms in total. The SMILES string of the molecule is CCC(C)CC1(N)C=CNC(N)=N1. The summed E-state index contributed by atoms with van der Waals surface area (Å²) in [5.41, 5.74) is 11.0. The first kappa shape index (κ1) is 10.1. The summed E-state index contributed by atoms with van der Waals surface area (Å²) in [4.78, 5) is 4.18. The van der Waals surface area contributed by atoms with E-state index in [0.717, 1.165) is 12.8 Å². The van der Waals surface area contributed by atoms with Crippen LogP contribution in [-0.2, 0) is 0 Å². The van der Waals surface area contributed by atoms with Crippen molar-refractivity contribution in [3.63, 3.8) is 0 Å². The zero-order valence-electron chi connectivity index (χ0n) is 8.25. The summed E-state index contributed by atoms with van der Waals surface area (Å²) in [7, 11) is 0. The maximum absolute atomic E-state index is 6.03. The molecule has 0 aliphatic carbocycles. The summed E-state index contributed by atoms with van der Waals surface area (Å²) in [6.07, 6.45) is 5.55. The molecule has 0 amide bonds. The van der Waals surface area contributed by atoms with Crippen molar-refractivity contribution in [3.8, 4) is 0 Å². The maximum atomic E-state index is 6.03. The van der Waals surface area contributed by atoms with Crippen LogP contribution in [0.3, 0.4) is 0 Å². The molecule has 74 valence electrons. The van der Waals surface area contributed by atoms with Gasteiger partial charge in [0, 0.05) is 6.20 Å². The van der Waals surface area contributed by atoms with Crippen molar-refractivity contribution < 1.29 is 0 Å². The molecule has 1 aliphatic rings. The van der Waals surface area contributed by atoms with Gasteiger partial charge in [0.15, 0.2) is 5.96 Å². The largest absolute Gasteiger partial charge is 0.370 e. The number of nitrogens with two attached hydrogens (primary N) is 2. The quantitative estimate of drug-likeness (QED) is 0.595. The Labute approximate surface area is 79.1 Å². The summed E-state index contributed by atoms with van der Waals surface area (Å²) >= 11 is 0. The molecule has 0 radical (unpaired) electrons. The molecule has 0 aromatic heterocycles. The summed E-state index contributed by atoms with van der Waals surface area (Å²) in [6.45, 7) is 4.31. The molecular formula is C9H18N4. The minimum atomic E-state index is -0.606.